The van der Waals surface area contributed by atoms with Gasteiger partial charge >= 0.3 is 6.18 Å². The van der Waals surface area contributed by atoms with E-state index in [1.807, 2.05) is 30.3 Å². The topological polar surface area (TPSA) is 88.9 Å². The number of carbonyl (C=O) groups excluding carboxylic acids is 2. The Hall–Kier alpha value is -3.34. The van der Waals surface area contributed by atoms with Crippen molar-refractivity contribution < 1.29 is 22.8 Å². The third-order valence-corrected chi connectivity index (χ3v) is 5.42. The SMILES string of the molecule is O=C(CC1C(=O)Nc2nc(SCc3ccccc3)nn21)Nc1cccc(C(F)(F)F)c1. The summed E-state index contributed by atoms with van der Waals surface area (Å²) in [5.74, 6) is -0.189. The predicted molar refractivity (Wildman–Crippen MR) is 108 cm³/mol. The Morgan fingerprint density at radius 2 is 1.94 bits per heavy atom. The lowest BCUT2D eigenvalue weighted by Crippen LogP contribution is -2.24. The first-order chi connectivity index (χ1) is 14.8. The van der Waals surface area contributed by atoms with Gasteiger partial charge in [-0.15, -0.1) is 5.10 Å². The average molecular weight is 447 g/mol. The third-order valence-electron chi connectivity index (χ3n) is 4.51. The number of nitrogens with zero attached hydrogens (tertiary/aromatic N) is 3. The lowest BCUT2D eigenvalue weighted by molar-refractivity contribution is -0.137. The molecule has 7 nitrogen and oxygen atoms in total. The first kappa shape index (κ1) is 20.9. The number of alkyl halides is 3. The molecule has 11 heteroatoms. The van der Waals surface area contributed by atoms with Gasteiger partial charge in [0.05, 0.1) is 12.0 Å². The second-order valence-electron chi connectivity index (χ2n) is 6.77. The van der Waals surface area contributed by atoms with Crippen molar-refractivity contribution >= 4 is 35.2 Å². The van der Waals surface area contributed by atoms with Crippen molar-refractivity contribution in [1.82, 2.24) is 14.8 Å². The van der Waals surface area contributed by atoms with Crippen molar-refractivity contribution in [3.63, 3.8) is 0 Å². The molecule has 0 bridgehead atoms. The Morgan fingerprint density at radius 1 is 1.16 bits per heavy atom. The van der Waals surface area contributed by atoms with E-state index < -0.39 is 29.6 Å². The number of anilines is 2. The predicted octanol–water partition coefficient (Wildman–Crippen LogP) is 4.11. The second-order valence-corrected chi connectivity index (χ2v) is 7.72. The molecule has 1 atom stereocenters. The number of rotatable bonds is 6. The standard InChI is InChI=1S/C20H16F3N5O2S/c21-20(22,23)13-7-4-8-14(9-13)24-16(29)10-15-17(30)25-18-26-19(27-28(15)18)31-11-12-5-2-1-3-6-12/h1-9,15H,10-11H2,(H,24,29)(H,25,26,27,30). The molecule has 2 N–H and O–H groups in total. The molecule has 0 spiro atoms. The molecule has 0 radical (unpaired) electrons. The minimum atomic E-state index is -4.52. The average Bonchev–Trinajstić information content (AvgIpc) is 3.24. The Bertz CT molecular complexity index is 1120. The maximum atomic E-state index is 12.8. The molecule has 0 aliphatic carbocycles. The molecule has 1 aromatic heterocycles. The summed E-state index contributed by atoms with van der Waals surface area (Å²) >= 11 is 1.38. The number of carbonyl (C=O) groups is 2. The van der Waals surface area contributed by atoms with E-state index in [4.69, 9.17) is 0 Å². The third kappa shape index (κ3) is 4.88. The fourth-order valence-electron chi connectivity index (χ4n) is 3.03. The highest BCUT2D eigenvalue weighted by molar-refractivity contribution is 7.98. The van der Waals surface area contributed by atoms with Crippen LogP contribution in [-0.2, 0) is 21.5 Å². The molecule has 0 saturated carbocycles. The summed E-state index contributed by atoms with van der Waals surface area (Å²) in [6.45, 7) is 0. The molecule has 2 aromatic carbocycles. The van der Waals surface area contributed by atoms with Crippen LogP contribution in [0.1, 0.15) is 23.6 Å². The van der Waals surface area contributed by atoms with Gasteiger partial charge in [-0.1, -0.05) is 48.2 Å². The maximum absolute atomic E-state index is 12.8. The van der Waals surface area contributed by atoms with Gasteiger partial charge < -0.3 is 5.32 Å². The van der Waals surface area contributed by atoms with E-state index in [0.717, 1.165) is 17.7 Å². The minimum absolute atomic E-state index is 0.00357. The van der Waals surface area contributed by atoms with Crippen LogP contribution < -0.4 is 10.6 Å². The first-order valence-corrected chi connectivity index (χ1v) is 10.2. The van der Waals surface area contributed by atoms with Crippen molar-refractivity contribution in [3.05, 3.63) is 65.7 Å². The summed E-state index contributed by atoms with van der Waals surface area (Å²) in [6.07, 6.45) is -4.81. The number of aromatic nitrogens is 3. The normalized spacial score (nSPS) is 15.5. The van der Waals surface area contributed by atoms with Gasteiger partial charge in [0, 0.05) is 11.4 Å². The lowest BCUT2D eigenvalue weighted by Gasteiger charge is -2.12. The highest BCUT2D eigenvalue weighted by Gasteiger charge is 2.35. The number of amides is 2. The largest absolute Gasteiger partial charge is 0.416 e. The van der Waals surface area contributed by atoms with Crippen LogP contribution in [0.25, 0.3) is 0 Å². The van der Waals surface area contributed by atoms with Gasteiger partial charge in [-0.2, -0.15) is 18.2 Å². The summed E-state index contributed by atoms with van der Waals surface area (Å²) in [5, 5.41) is 9.72. The van der Waals surface area contributed by atoms with E-state index in [0.29, 0.717) is 10.9 Å². The van der Waals surface area contributed by atoms with Crippen LogP contribution in [0.5, 0.6) is 0 Å². The Labute approximate surface area is 179 Å². The van der Waals surface area contributed by atoms with Crippen LogP contribution in [0.15, 0.2) is 59.8 Å². The van der Waals surface area contributed by atoms with Crippen LogP contribution in [0.4, 0.5) is 24.8 Å². The van der Waals surface area contributed by atoms with Crippen LogP contribution in [0, 0.1) is 0 Å². The fraction of sp³-hybridized carbons (Fsp3) is 0.200. The van der Waals surface area contributed by atoms with Crippen molar-refractivity contribution in [2.24, 2.45) is 0 Å². The van der Waals surface area contributed by atoms with E-state index in [1.54, 1.807) is 0 Å². The summed E-state index contributed by atoms with van der Waals surface area (Å²) in [7, 11) is 0. The lowest BCUT2D eigenvalue weighted by atomic mass is 10.1. The van der Waals surface area contributed by atoms with Crippen molar-refractivity contribution in [2.75, 3.05) is 10.6 Å². The van der Waals surface area contributed by atoms with E-state index in [1.165, 1.54) is 28.6 Å². The first-order valence-electron chi connectivity index (χ1n) is 9.21. The summed E-state index contributed by atoms with van der Waals surface area (Å²) in [5.41, 5.74) is 0.210. The molecule has 1 aliphatic heterocycles. The fourth-order valence-corrected chi connectivity index (χ4v) is 3.82. The monoisotopic (exact) mass is 447 g/mol. The number of hydrogen-bond donors (Lipinski definition) is 2. The molecule has 3 aromatic rings. The van der Waals surface area contributed by atoms with Gasteiger partial charge in [-0.3, -0.25) is 14.9 Å². The number of nitrogens with one attached hydrogen (secondary N) is 2. The van der Waals surface area contributed by atoms with E-state index in [-0.39, 0.29) is 18.1 Å². The highest BCUT2D eigenvalue weighted by atomic mass is 32.2. The highest BCUT2D eigenvalue weighted by Crippen LogP contribution is 2.32. The number of benzene rings is 2. The summed E-state index contributed by atoms with van der Waals surface area (Å²) in [4.78, 5) is 28.8. The van der Waals surface area contributed by atoms with Crippen LogP contribution in [0.3, 0.4) is 0 Å². The van der Waals surface area contributed by atoms with Gasteiger partial charge in [0.15, 0.2) is 0 Å². The molecule has 31 heavy (non-hydrogen) atoms. The molecule has 0 saturated heterocycles. The van der Waals surface area contributed by atoms with E-state index in [2.05, 4.69) is 20.7 Å². The number of halogens is 3. The van der Waals surface area contributed by atoms with Gasteiger partial charge in [-0.25, -0.2) is 4.68 Å². The van der Waals surface area contributed by atoms with Crippen molar-refractivity contribution in [2.45, 2.75) is 29.5 Å². The molecule has 4 rings (SSSR count). The smallest absolute Gasteiger partial charge is 0.326 e. The quantitative estimate of drug-likeness (QED) is 0.555. The van der Waals surface area contributed by atoms with Gasteiger partial charge in [0.2, 0.25) is 17.0 Å². The second kappa shape index (κ2) is 8.42. The van der Waals surface area contributed by atoms with E-state index in [9.17, 15) is 22.8 Å². The van der Waals surface area contributed by atoms with Crippen molar-refractivity contribution in [3.8, 4) is 0 Å². The van der Waals surface area contributed by atoms with Gasteiger partial charge in [-0.05, 0) is 23.8 Å². The molecule has 0 fully saturated rings. The maximum Gasteiger partial charge on any atom is 0.416 e. The van der Waals surface area contributed by atoms with Crippen molar-refractivity contribution in [1.29, 1.82) is 0 Å². The summed E-state index contributed by atoms with van der Waals surface area (Å²) in [6, 6.07) is 13.1. The number of thioether (sulfide) groups is 1. The zero-order chi connectivity index (χ0) is 22.0. The van der Waals surface area contributed by atoms with Crippen LogP contribution in [0.2, 0.25) is 0 Å². The molecule has 2 amide bonds. The Balaban J connectivity index is 1.41. The molecule has 2 heterocycles. The minimum Gasteiger partial charge on any atom is -0.326 e. The Kier molecular flexibility index (Phi) is 5.68. The van der Waals surface area contributed by atoms with Gasteiger partial charge in [0.1, 0.15) is 6.04 Å². The molecule has 1 aliphatic rings. The number of hydrogen-bond acceptors (Lipinski definition) is 5. The Morgan fingerprint density at radius 3 is 2.68 bits per heavy atom. The van der Waals surface area contributed by atoms with Crippen LogP contribution in [-0.4, -0.2) is 26.6 Å². The zero-order valence-electron chi connectivity index (χ0n) is 15.9. The number of fused-ring (bicyclic) bond motifs is 1. The zero-order valence-corrected chi connectivity index (χ0v) is 16.7. The molecule has 160 valence electrons. The molecular weight excluding hydrogens is 431 g/mol. The van der Waals surface area contributed by atoms with Crippen LogP contribution >= 0.6 is 11.8 Å². The summed E-state index contributed by atoms with van der Waals surface area (Å²) < 4.78 is 39.8. The molecule has 1 unspecified atom stereocenters. The molecular formula is C20H16F3N5O2S. The van der Waals surface area contributed by atoms with Gasteiger partial charge in [0.25, 0.3) is 5.91 Å². The van der Waals surface area contributed by atoms with E-state index >= 15 is 0 Å².